The van der Waals surface area contributed by atoms with Crippen LogP contribution in [0.15, 0.2) is 40.9 Å². The topological polar surface area (TPSA) is 123 Å². The number of aromatic nitrogens is 1. The number of amides is 3. The van der Waals surface area contributed by atoms with E-state index in [0.29, 0.717) is 12.3 Å². The van der Waals surface area contributed by atoms with E-state index in [9.17, 15) is 14.4 Å². The van der Waals surface area contributed by atoms with Crippen LogP contribution in [0.2, 0.25) is 0 Å². The SMILES string of the molecule is CCC(OC(=O)CNC(=O)NCc1ccccc1)C(=O)Nc1cc(C)on1. The third-order valence-corrected chi connectivity index (χ3v) is 3.51. The summed E-state index contributed by atoms with van der Waals surface area (Å²) in [5, 5.41) is 11.2. The average molecular weight is 374 g/mol. The summed E-state index contributed by atoms with van der Waals surface area (Å²) in [5.74, 6) is -0.456. The van der Waals surface area contributed by atoms with Crippen molar-refractivity contribution in [3.63, 3.8) is 0 Å². The third-order valence-electron chi connectivity index (χ3n) is 3.51. The number of esters is 1. The van der Waals surface area contributed by atoms with Crippen LogP contribution in [0.25, 0.3) is 0 Å². The normalized spacial score (nSPS) is 11.3. The molecule has 0 radical (unpaired) electrons. The second kappa shape index (κ2) is 9.95. The Morgan fingerprint density at radius 3 is 2.56 bits per heavy atom. The predicted molar refractivity (Wildman–Crippen MR) is 96.7 cm³/mol. The van der Waals surface area contributed by atoms with Gasteiger partial charge in [-0.1, -0.05) is 42.4 Å². The molecule has 1 heterocycles. The molecule has 3 amide bonds. The van der Waals surface area contributed by atoms with Crippen molar-refractivity contribution >= 4 is 23.7 Å². The van der Waals surface area contributed by atoms with Crippen LogP contribution in [0.3, 0.4) is 0 Å². The highest BCUT2D eigenvalue weighted by molar-refractivity contribution is 5.94. The zero-order valence-corrected chi connectivity index (χ0v) is 15.2. The Bertz CT molecular complexity index is 775. The smallest absolute Gasteiger partial charge is 0.326 e. The summed E-state index contributed by atoms with van der Waals surface area (Å²) in [7, 11) is 0. The van der Waals surface area contributed by atoms with Gasteiger partial charge in [-0.15, -0.1) is 0 Å². The zero-order valence-electron chi connectivity index (χ0n) is 15.2. The minimum absolute atomic E-state index is 0.241. The minimum atomic E-state index is -0.997. The summed E-state index contributed by atoms with van der Waals surface area (Å²) in [5.41, 5.74) is 0.932. The number of anilines is 1. The molecule has 0 aliphatic rings. The van der Waals surface area contributed by atoms with Gasteiger partial charge < -0.3 is 25.2 Å². The summed E-state index contributed by atoms with van der Waals surface area (Å²) in [6.45, 7) is 3.37. The molecule has 9 nitrogen and oxygen atoms in total. The third kappa shape index (κ3) is 6.81. The van der Waals surface area contributed by atoms with E-state index in [1.807, 2.05) is 30.3 Å². The van der Waals surface area contributed by atoms with Crippen molar-refractivity contribution in [3.05, 3.63) is 47.7 Å². The minimum Gasteiger partial charge on any atom is -0.451 e. The number of nitrogens with one attached hydrogen (secondary N) is 3. The maximum Gasteiger partial charge on any atom is 0.326 e. The van der Waals surface area contributed by atoms with Gasteiger partial charge in [0, 0.05) is 12.6 Å². The van der Waals surface area contributed by atoms with Gasteiger partial charge in [0.2, 0.25) is 0 Å². The van der Waals surface area contributed by atoms with Gasteiger partial charge in [-0.2, -0.15) is 0 Å². The van der Waals surface area contributed by atoms with E-state index in [2.05, 4.69) is 21.1 Å². The van der Waals surface area contributed by atoms with Crippen LogP contribution in [-0.2, 0) is 20.9 Å². The molecule has 1 aromatic carbocycles. The molecular weight excluding hydrogens is 352 g/mol. The summed E-state index contributed by atoms with van der Waals surface area (Å²) in [4.78, 5) is 35.7. The summed E-state index contributed by atoms with van der Waals surface area (Å²) < 4.78 is 9.95. The van der Waals surface area contributed by atoms with Crippen molar-refractivity contribution < 1.29 is 23.6 Å². The Kier molecular flexibility index (Phi) is 7.36. The molecule has 3 N–H and O–H groups in total. The first-order valence-corrected chi connectivity index (χ1v) is 8.47. The standard InChI is InChI=1S/C18H22N4O5/c1-3-14(17(24)21-15-9-12(2)27-22-15)26-16(23)11-20-18(25)19-10-13-7-5-4-6-8-13/h4-9,14H,3,10-11H2,1-2H3,(H2,19,20,25)(H,21,22,24). The largest absolute Gasteiger partial charge is 0.451 e. The molecule has 0 fully saturated rings. The summed E-state index contributed by atoms with van der Waals surface area (Å²) in [6, 6.07) is 10.4. The van der Waals surface area contributed by atoms with Crippen molar-refractivity contribution in [3.8, 4) is 0 Å². The van der Waals surface area contributed by atoms with E-state index < -0.39 is 24.0 Å². The fourth-order valence-corrected chi connectivity index (χ4v) is 2.15. The van der Waals surface area contributed by atoms with Crippen molar-refractivity contribution in [2.75, 3.05) is 11.9 Å². The van der Waals surface area contributed by atoms with Gasteiger partial charge in [-0.05, 0) is 18.9 Å². The lowest BCUT2D eigenvalue weighted by atomic mass is 10.2. The van der Waals surface area contributed by atoms with Gasteiger partial charge in [0.25, 0.3) is 5.91 Å². The molecule has 0 saturated carbocycles. The van der Waals surface area contributed by atoms with Crippen molar-refractivity contribution in [2.24, 2.45) is 0 Å². The molecule has 0 aliphatic heterocycles. The molecule has 1 atom stereocenters. The van der Waals surface area contributed by atoms with Crippen LogP contribution < -0.4 is 16.0 Å². The van der Waals surface area contributed by atoms with E-state index in [4.69, 9.17) is 9.26 Å². The number of aryl methyl sites for hydroxylation is 1. The van der Waals surface area contributed by atoms with Crippen molar-refractivity contribution in [1.29, 1.82) is 0 Å². The van der Waals surface area contributed by atoms with Crippen LogP contribution >= 0.6 is 0 Å². The van der Waals surface area contributed by atoms with Crippen LogP contribution in [0.1, 0.15) is 24.7 Å². The highest BCUT2D eigenvalue weighted by Crippen LogP contribution is 2.09. The number of ether oxygens (including phenoxy) is 1. The molecule has 0 bridgehead atoms. The van der Waals surface area contributed by atoms with E-state index in [-0.39, 0.29) is 18.8 Å². The van der Waals surface area contributed by atoms with Crippen LogP contribution in [0, 0.1) is 6.92 Å². The molecule has 9 heteroatoms. The number of urea groups is 1. The Hall–Kier alpha value is -3.36. The number of hydrogen-bond donors (Lipinski definition) is 3. The predicted octanol–water partition coefficient (Wildman–Crippen LogP) is 1.74. The van der Waals surface area contributed by atoms with E-state index in [1.54, 1.807) is 19.9 Å². The first kappa shape index (κ1) is 20.0. The van der Waals surface area contributed by atoms with Gasteiger partial charge in [0.15, 0.2) is 11.9 Å². The molecule has 0 saturated heterocycles. The number of carbonyl (C=O) groups excluding carboxylic acids is 3. The van der Waals surface area contributed by atoms with Crippen LogP contribution in [0.5, 0.6) is 0 Å². The van der Waals surface area contributed by atoms with Gasteiger partial charge in [-0.25, -0.2) is 4.79 Å². The highest BCUT2D eigenvalue weighted by Gasteiger charge is 2.22. The second-order valence-electron chi connectivity index (χ2n) is 5.72. The first-order valence-electron chi connectivity index (χ1n) is 8.47. The Morgan fingerprint density at radius 1 is 1.19 bits per heavy atom. The van der Waals surface area contributed by atoms with Gasteiger partial charge in [-0.3, -0.25) is 9.59 Å². The molecule has 1 aromatic heterocycles. The first-order chi connectivity index (χ1) is 13.0. The van der Waals surface area contributed by atoms with Crippen molar-refractivity contribution in [1.82, 2.24) is 15.8 Å². The van der Waals surface area contributed by atoms with E-state index in [0.717, 1.165) is 5.56 Å². The molecule has 0 aliphatic carbocycles. The summed E-state index contributed by atoms with van der Waals surface area (Å²) in [6.07, 6.45) is -0.724. The highest BCUT2D eigenvalue weighted by atomic mass is 16.5. The van der Waals surface area contributed by atoms with Crippen LogP contribution in [-0.4, -0.2) is 35.7 Å². The Labute approximate surface area is 156 Å². The quantitative estimate of drug-likeness (QED) is 0.605. The molecule has 2 aromatic rings. The number of rotatable bonds is 8. The molecule has 0 spiro atoms. The molecule has 1 unspecified atom stereocenters. The summed E-state index contributed by atoms with van der Waals surface area (Å²) >= 11 is 0. The number of nitrogens with zero attached hydrogens (tertiary/aromatic N) is 1. The Balaban J connectivity index is 1.72. The molecule has 2 rings (SSSR count). The van der Waals surface area contributed by atoms with E-state index >= 15 is 0 Å². The molecule has 27 heavy (non-hydrogen) atoms. The van der Waals surface area contributed by atoms with Crippen LogP contribution in [0.4, 0.5) is 10.6 Å². The zero-order chi connectivity index (χ0) is 19.6. The number of benzene rings is 1. The maximum atomic E-state index is 12.1. The van der Waals surface area contributed by atoms with Gasteiger partial charge in [0.1, 0.15) is 12.3 Å². The van der Waals surface area contributed by atoms with Gasteiger partial charge >= 0.3 is 12.0 Å². The lowest BCUT2D eigenvalue weighted by Gasteiger charge is -2.15. The van der Waals surface area contributed by atoms with E-state index in [1.165, 1.54) is 0 Å². The second-order valence-corrected chi connectivity index (χ2v) is 5.72. The fraction of sp³-hybridized carbons (Fsp3) is 0.333. The van der Waals surface area contributed by atoms with Crippen molar-refractivity contribution in [2.45, 2.75) is 32.9 Å². The maximum absolute atomic E-state index is 12.1. The monoisotopic (exact) mass is 374 g/mol. The number of carbonyl (C=O) groups is 3. The lowest BCUT2D eigenvalue weighted by molar-refractivity contribution is -0.153. The molecule has 144 valence electrons. The molecular formula is C18H22N4O5. The fourth-order valence-electron chi connectivity index (χ4n) is 2.15. The lowest BCUT2D eigenvalue weighted by Crippen LogP contribution is -2.40. The average Bonchev–Trinajstić information content (AvgIpc) is 3.08. The Morgan fingerprint density at radius 2 is 1.93 bits per heavy atom. The number of hydrogen-bond acceptors (Lipinski definition) is 6. The van der Waals surface area contributed by atoms with Gasteiger partial charge in [0.05, 0.1) is 0 Å².